The smallest absolute Gasteiger partial charge is 0.263 e. The van der Waals surface area contributed by atoms with Gasteiger partial charge in [-0.1, -0.05) is 0 Å². The van der Waals surface area contributed by atoms with Crippen LogP contribution in [0.2, 0.25) is 0 Å². The molecule has 10 heteroatoms. The zero-order valence-corrected chi connectivity index (χ0v) is 6.25. The maximum atomic E-state index is 9.11. The average Bonchev–Trinajstić information content (AvgIpc) is 0.722. The molecule has 0 atom stereocenters. The van der Waals surface area contributed by atoms with Crippen molar-refractivity contribution in [2.45, 2.75) is 0 Å². The summed E-state index contributed by atoms with van der Waals surface area (Å²) in [4.78, 5) is 0. The number of hydrogen-bond donors (Lipinski definition) is 2. The molecule has 10 heavy (non-hydrogen) atoms. The summed E-state index contributed by atoms with van der Waals surface area (Å²) in [7, 11) is -3.83. The Hall–Kier alpha value is 0.0900. The van der Waals surface area contributed by atoms with Crippen molar-refractivity contribution in [3.05, 3.63) is 0 Å². The molecular formula is H12O8S2. The van der Waals surface area contributed by atoms with Crippen molar-refractivity contribution < 1.29 is 40.7 Å². The van der Waals surface area contributed by atoms with Gasteiger partial charge in [-0.05, 0) is 0 Å². The van der Waals surface area contributed by atoms with Crippen molar-refractivity contribution in [3.8, 4) is 0 Å². The van der Waals surface area contributed by atoms with Gasteiger partial charge in [0.25, 0.3) is 9.05 Å². The molecule has 0 aliphatic heterocycles. The quantitative estimate of drug-likeness (QED) is 0.398. The van der Waals surface area contributed by atoms with Crippen molar-refractivity contribution in [2.75, 3.05) is 0 Å². The standard InChI is InChI=1S/H2O3S2.5H2O/c1-5(2,3)4;;;;;/h(H2,1,2,3,4);5*1H2. The third-order valence-electron chi connectivity index (χ3n) is 0. The summed E-state index contributed by atoms with van der Waals surface area (Å²) >= 11 is 3.47. The van der Waals surface area contributed by atoms with E-state index in [0.717, 1.165) is 0 Å². The maximum absolute atomic E-state index is 9.11. The Bertz CT molecular complexity index is 90.4. The van der Waals surface area contributed by atoms with E-state index >= 15 is 0 Å². The Morgan fingerprint density at radius 1 is 0.900 bits per heavy atom. The highest BCUT2D eigenvalue weighted by Crippen LogP contribution is 1.62. The topological polar surface area (TPSA) is 215 Å². The Labute approximate surface area is 61.7 Å². The molecule has 0 unspecified atom stereocenters. The lowest BCUT2D eigenvalue weighted by Crippen LogP contribution is -1.86. The van der Waals surface area contributed by atoms with Gasteiger partial charge in [0.05, 0.1) is 0 Å². The molecule has 0 aromatic heterocycles. The van der Waals surface area contributed by atoms with Crippen LogP contribution in [0.15, 0.2) is 0 Å². The molecule has 0 spiro atoms. The lowest BCUT2D eigenvalue weighted by Gasteiger charge is -1.73. The van der Waals surface area contributed by atoms with E-state index in [0.29, 0.717) is 0 Å². The second-order valence-corrected chi connectivity index (χ2v) is 2.65. The number of hydrogen-bond acceptors (Lipinski definition) is 2. The summed E-state index contributed by atoms with van der Waals surface area (Å²) in [5.74, 6) is 0. The maximum Gasteiger partial charge on any atom is 0.263 e. The fourth-order valence-electron chi connectivity index (χ4n) is 0. The largest absolute Gasteiger partial charge is 0.412 e. The zero-order valence-electron chi connectivity index (χ0n) is 4.62. The molecule has 0 saturated heterocycles. The van der Waals surface area contributed by atoms with Crippen LogP contribution in [0, 0.1) is 0 Å². The van der Waals surface area contributed by atoms with Gasteiger partial charge < -0.3 is 27.4 Å². The predicted molar refractivity (Wildman–Crippen MR) is 38.8 cm³/mol. The molecule has 0 fully saturated rings. The molecule has 0 saturated carbocycles. The molecule has 8 nitrogen and oxygen atoms in total. The van der Waals surface area contributed by atoms with E-state index in [-0.39, 0.29) is 27.4 Å². The molecule has 0 radical (unpaired) electrons. The highest BCUT2D eigenvalue weighted by molar-refractivity contribution is 8.26. The molecule has 0 aliphatic rings. The zero-order chi connectivity index (χ0) is 4.50. The Morgan fingerprint density at radius 3 is 0.900 bits per heavy atom. The Morgan fingerprint density at radius 2 is 0.900 bits per heavy atom. The summed E-state index contributed by atoms with van der Waals surface area (Å²) in [6.45, 7) is 0. The Balaban J connectivity index is -0.00000000800. The highest BCUT2D eigenvalue weighted by atomic mass is 32.9. The monoisotopic (exact) mass is 204 g/mol. The molecular weight excluding hydrogens is 192 g/mol. The average molecular weight is 204 g/mol. The molecule has 0 heterocycles. The van der Waals surface area contributed by atoms with Crippen molar-refractivity contribution in [1.82, 2.24) is 0 Å². The minimum absolute atomic E-state index is 0. The fourth-order valence-corrected chi connectivity index (χ4v) is 0. The van der Waals surface area contributed by atoms with E-state index in [2.05, 4.69) is 11.2 Å². The molecule has 72 valence electrons. The van der Waals surface area contributed by atoms with Crippen LogP contribution in [0.5, 0.6) is 0 Å². The van der Waals surface area contributed by atoms with Gasteiger partial charge in [0, 0.05) is 11.2 Å². The lowest BCUT2D eigenvalue weighted by atomic mass is 15.8. The summed E-state index contributed by atoms with van der Waals surface area (Å²) < 4.78 is 24.0. The van der Waals surface area contributed by atoms with Gasteiger partial charge in [0.15, 0.2) is 0 Å². The predicted octanol–water partition coefficient (Wildman–Crippen LogP) is -4.44. The fraction of sp³-hybridized carbons (Fsp3) is 0. The van der Waals surface area contributed by atoms with Crippen LogP contribution in [0.1, 0.15) is 0 Å². The summed E-state index contributed by atoms with van der Waals surface area (Å²) in [5, 5.41) is 0. The molecule has 0 aromatic rings. The molecule has 12 N–H and O–H groups in total. The van der Waals surface area contributed by atoms with Gasteiger partial charge in [-0.25, -0.2) is 0 Å². The molecule has 0 aromatic carbocycles. The summed E-state index contributed by atoms with van der Waals surface area (Å²) in [5.41, 5.74) is 0. The van der Waals surface area contributed by atoms with Crippen LogP contribution in [0.4, 0.5) is 0 Å². The van der Waals surface area contributed by atoms with Crippen molar-refractivity contribution in [1.29, 1.82) is 0 Å². The second-order valence-electron chi connectivity index (χ2n) is 0.448. The van der Waals surface area contributed by atoms with Gasteiger partial charge in [-0.2, -0.15) is 4.21 Å². The minimum Gasteiger partial charge on any atom is -0.412 e. The summed E-state index contributed by atoms with van der Waals surface area (Å²) in [6.07, 6.45) is 0. The first-order valence-corrected chi connectivity index (χ1v) is 3.10. The van der Waals surface area contributed by atoms with Crippen LogP contribution < -0.4 is 0 Å². The van der Waals surface area contributed by atoms with Crippen LogP contribution in [0.3, 0.4) is 0 Å². The first kappa shape index (κ1) is 49.8. The Kier molecular flexibility index (Phi) is 79.9. The van der Waals surface area contributed by atoms with E-state index < -0.39 is 9.05 Å². The van der Waals surface area contributed by atoms with E-state index in [4.69, 9.17) is 13.3 Å². The first-order chi connectivity index (χ1) is 2.00. The molecule has 0 amide bonds. The van der Waals surface area contributed by atoms with Crippen LogP contribution >= 0.6 is 0 Å². The second kappa shape index (κ2) is 16.0. The first-order valence-electron chi connectivity index (χ1n) is 0.698. The van der Waals surface area contributed by atoms with Crippen LogP contribution in [-0.4, -0.2) is 40.7 Å². The van der Waals surface area contributed by atoms with Crippen LogP contribution in [-0.2, 0) is 20.2 Å². The molecule has 0 rings (SSSR count). The van der Waals surface area contributed by atoms with Gasteiger partial charge in [-0.3, -0.25) is 9.11 Å². The molecule has 0 aliphatic carbocycles. The highest BCUT2D eigenvalue weighted by Gasteiger charge is 1.78. The van der Waals surface area contributed by atoms with Gasteiger partial charge in [0.2, 0.25) is 0 Å². The van der Waals surface area contributed by atoms with Crippen LogP contribution in [0.25, 0.3) is 0 Å². The van der Waals surface area contributed by atoms with E-state index in [1.807, 2.05) is 0 Å². The van der Waals surface area contributed by atoms with Gasteiger partial charge in [0.1, 0.15) is 0 Å². The van der Waals surface area contributed by atoms with E-state index in [9.17, 15) is 0 Å². The lowest BCUT2D eigenvalue weighted by molar-refractivity contribution is 0.450. The minimum atomic E-state index is -3.83. The summed E-state index contributed by atoms with van der Waals surface area (Å²) in [6, 6.07) is 0. The normalized spacial score (nSPS) is 5.80. The SMILES string of the molecule is O.O.O.O.O.O=S(O)(O)=S. The number of rotatable bonds is 0. The van der Waals surface area contributed by atoms with Crippen molar-refractivity contribution >= 4 is 20.2 Å². The van der Waals surface area contributed by atoms with Gasteiger partial charge >= 0.3 is 0 Å². The molecule has 0 bridgehead atoms. The van der Waals surface area contributed by atoms with Crippen molar-refractivity contribution in [3.63, 3.8) is 0 Å². The third kappa shape index (κ3) is 50200. The van der Waals surface area contributed by atoms with E-state index in [1.165, 1.54) is 0 Å². The van der Waals surface area contributed by atoms with Crippen molar-refractivity contribution in [2.24, 2.45) is 0 Å². The van der Waals surface area contributed by atoms with Gasteiger partial charge in [-0.15, -0.1) is 0 Å². The van der Waals surface area contributed by atoms with E-state index in [1.54, 1.807) is 0 Å². The third-order valence-corrected chi connectivity index (χ3v) is 0.